The predicted molar refractivity (Wildman–Crippen MR) is 176 cm³/mol. The zero-order valence-electron chi connectivity index (χ0n) is 27.9. The van der Waals surface area contributed by atoms with Gasteiger partial charge in [-0.25, -0.2) is 19.2 Å². The highest BCUT2D eigenvalue weighted by molar-refractivity contribution is 6.05. The molecule has 14 N–H and O–H groups in total. The van der Waals surface area contributed by atoms with Gasteiger partial charge in [0, 0.05) is 23.3 Å². The third-order valence-electron chi connectivity index (χ3n) is 8.65. The van der Waals surface area contributed by atoms with Crippen LogP contribution in [0.15, 0.2) is 30.3 Å². The van der Waals surface area contributed by atoms with E-state index in [0.29, 0.717) is 30.3 Å². The standard InChI is InChI=1S/C34H26O23/c35-12-1-7(2-13(36)20(12)40)31(49)57-29-26(46)34(52)55-16-6-53-32(50)10-3-8(18(38)24(44)19(10)39)17-9(33(51)56-28(16)29)5-15(22(42)23(17)43)54-27-11(30(47)48)4-14(37)21(41)25(27)45/h1-5,16,26,28-29,34-46,52H,6H2,(H,47,48)/t16-,26-,28-,29-,34-/m1/s1. The maximum absolute atomic E-state index is 14.2. The molecule has 300 valence electrons. The number of aliphatic hydroxyl groups is 2. The maximum atomic E-state index is 14.2. The van der Waals surface area contributed by atoms with Crippen molar-refractivity contribution < 1.29 is 114 Å². The first-order valence-corrected chi connectivity index (χ1v) is 15.6. The molecule has 23 heteroatoms. The third-order valence-corrected chi connectivity index (χ3v) is 8.65. The van der Waals surface area contributed by atoms with Gasteiger partial charge in [-0.3, -0.25) is 0 Å². The number of carbonyl (C=O) groups excluding carboxylic acids is 3. The number of aromatic hydroxyl groups is 11. The summed E-state index contributed by atoms with van der Waals surface area (Å²) in [6.07, 6.45) is -11.0. The number of fused-ring (bicyclic) bond motifs is 5. The zero-order valence-corrected chi connectivity index (χ0v) is 27.9. The molecule has 1 saturated heterocycles. The van der Waals surface area contributed by atoms with Crippen molar-refractivity contribution in [1.29, 1.82) is 0 Å². The van der Waals surface area contributed by atoms with Crippen LogP contribution in [-0.4, -0.2) is 133 Å². The lowest BCUT2D eigenvalue weighted by molar-refractivity contribution is -0.285. The van der Waals surface area contributed by atoms with Gasteiger partial charge in [0.15, 0.2) is 70.2 Å². The van der Waals surface area contributed by atoms with Crippen LogP contribution in [-0.2, 0) is 18.9 Å². The summed E-state index contributed by atoms with van der Waals surface area (Å²) in [5, 5.41) is 145. The number of benzene rings is 4. The second-order valence-corrected chi connectivity index (χ2v) is 12.1. The van der Waals surface area contributed by atoms with Crippen LogP contribution in [0.25, 0.3) is 11.1 Å². The number of cyclic esters (lactones) is 1. The Kier molecular flexibility index (Phi) is 9.67. The molecule has 5 atom stereocenters. The van der Waals surface area contributed by atoms with E-state index in [1.54, 1.807) is 0 Å². The van der Waals surface area contributed by atoms with Crippen molar-refractivity contribution in [3.8, 4) is 85.9 Å². The number of aliphatic hydroxyl groups excluding tert-OH is 2. The zero-order chi connectivity index (χ0) is 41.9. The van der Waals surface area contributed by atoms with E-state index in [9.17, 15) is 90.7 Å². The second kappa shape index (κ2) is 14.1. The number of ether oxygens (including phenoxy) is 5. The van der Waals surface area contributed by atoms with E-state index in [0.717, 1.165) is 0 Å². The van der Waals surface area contributed by atoms with E-state index in [2.05, 4.69) is 0 Å². The van der Waals surface area contributed by atoms with Gasteiger partial charge in [0.1, 0.15) is 29.9 Å². The van der Waals surface area contributed by atoms with Crippen LogP contribution in [0.2, 0.25) is 0 Å². The van der Waals surface area contributed by atoms with Gasteiger partial charge in [0.2, 0.25) is 23.0 Å². The number of hydrogen-bond acceptors (Lipinski definition) is 22. The first-order valence-electron chi connectivity index (χ1n) is 15.6. The van der Waals surface area contributed by atoms with Gasteiger partial charge in [-0.05, 0) is 18.2 Å². The molecule has 6 rings (SSSR count). The molecule has 0 spiro atoms. The normalized spacial score (nSPS) is 20.4. The molecule has 0 amide bonds. The summed E-state index contributed by atoms with van der Waals surface area (Å²) >= 11 is 0. The average Bonchev–Trinajstić information content (AvgIpc) is 3.16. The lowest BCUT2D eigenvalue weighted by Gasteiger charge is -2.41. The van der Waals surface area contributed by atoms with Crippen molar-refractivity contribution in [2.24, 2.45) is 0 Å². The molecule has 0 saturated carbocycles. The van der Waals surface area contributed by atoms with Gasteiger partial charge in [0.05, 0.1) is 11.1 Å². The maximum Gasteiger partial charge on any atom is 0.342 e. The van der Waals surface area contributed by atoms with E-state index in [1.165, 1.54) is 0 Å². The summed E-state index contributed by atoms with van der Waals surface area (Å²) in [4.78, 5) is 52.6. The number of aromatic carboxylic acids is 1. The smallest absolute Gasteiger partial charge is 0.342 e. The second-order valence-electron chi connectivity index (χ2n) is 12.1. The Hall–Kier alpha value is -7.76. The average molecular weight is 803 g/mol. The van der Waals surface area contributed by atoms with Crippen molar-refractivity contribution in [2.45, 2.75) is 30.7 Å². The molecule has 2 bridgehead atoms. The van der Waals surface area contributed by atoms with E-state index in [1.807, 2.05) is 0 Å². The Labute approximate surface area is 314 Å². The Morgan fingerprint density at radius 2 is 1.26 bits per heavy atom. The summed E-state index contributed by atoms with van der Waals surface area (Å²) in [6.45, 7) is -1.07. The number of phenols is 11. The first-order chi connectivity index (χ1) is 26.7. The fourth-order valence-electron chi connectivity index (χ4n) is 5.79. The number of carboxylic acid groups (broad SMARTS) is 1. The predicted octanol–water partition coefficient (Wildman–Crippen LogP) is 0.605. The van der Waals surface area contributed by atoms with Crippen LogP contribution in [0, 0.1) is 0 Å². The SMILES string of the molecule is O=C(O[C@@H]1[C@@H](O)[C@H](O)O[C@@H]2COC(=O)c3cc(c(O)c(O)c3O)-c3c(cc(Oc4c(C(=O)O)cc(O)c(O)c4O)c(O)c3O)C(=O)O[C@@H]12)c1cc(O)c(O)c(O)c1. The highest BCUT2D eigenvalue weighted by atomic mass is 16.7. The van der Waals surface area contributed by atoms with Gasteiger partial charge >= 0.3 is 23.9 Å². The topological polar surface area (TPSA) is 398 Å². The van der Waals surface area contributed by atoms with Crippen molar-refractivity contribution in [2.75, 3.05) is 6.61 Å². The minimum atomic E-state index is -2.32. The Morgan fingerprint density at radius 1 is 0.649 bits per heavy atom. The van der Waals surface area contributed by atoms with Gasteiger partial charge in [-0.1, -0.05) is 0 Å². The lowest BCUT2D eigenvalue weighted by Crippen LogP contribution is -2.61. The Bertz CT molecular complexity index is 2360. The lowest BCUT2D eigenvalue weighted by atomic mass is 9.93. The van der Waals surface area contributed by atoms with E-state index < -0.39 is 169 Å². The summed E-state index contributed by atoms with van der Waals surface area (Å²) in [5.74, 6) is -23.0. The van der Waals surface area contributed by atoms with Crippen molar-refractivity contribution in [3.63, 3.8) is 0 Å². The number of hydrogen-bond donors (Lipinski definition) is 14. The quantitative estimate of drug-likeness (QED) is 0.0746. The molecule has 0 radical (unpaired) electrons. The van der Waals surface area contributed by atoms with E-state index >= 15 is 0 Å². The van der Waals surface area contributed by atoms with Gasteiger partial charge in [0.25, 0.3) is 0 Å². The van der Waals surface area contributed by atoms with Gasteiger partial charge in [-0.15, -0.1) is 0 Å². The third kappa shape index (κ3) is 6.58. The largest absolute Gasteiger partial charge is 0.504 e. The molecule has 23 nitrogen and oxygen atoms in total. The number of carbonyl (C=O) groups is 4. The molecular formula is C34H26O23. The van der Waals surface area contributed by atoms with Crippen LogP contribution in [0.4, 0.5) is 0 Å². The number of rotatable bonds is 5. The summed E-state index contributed by atoms with van der Waals surface area (Å²) in [5.41, 5.74) is -5.74. The molecule has 0 aromatic heterocycles. The fourth-order valence-corrected chi connectivity index (χ4v) is 5.79. The van der Waals surface area contributed by atoms with E-state index in [4.69, 9.17) is 23.7 Å². The van der Waals surface area contributed by atoms with Gasteiger partial charge in [-0.2, -0.15) is 0 Å². The molecule has 2 aliphatic rings. The van der Waals surface area contributed by atoms with Crippen molar-refractivity contribution in [3.05, 3.63) is 52.6 Å². The molecule has 0 unspecified atom stereocenters. The first kappa shape index (κ1) is 38.9. The summed E-state index contributed by atoms with van der Waals surface area (Å²) < 4.78 is 26.4. The summed E-state index contributed by atoms with van der Waals surface area (Å²) in [7, 11) is 0. The number of carboxylic acids is 1. The highest BCUT2D eigenvalue weighted by Gasteiger charge is 2.51. The van der Waals surface area contributed by atoms with Crippen LogP contribution < -0.4 is 4.74 Å². The van der Waals surface area contributed by atoms with Crippen LogP contribution in [0.5, 0.6) is 74.7 Å². The summed E-state index contributed by atoms with van der Waals surface area (Å²) in [6, 6.07) is 2.67. The van der Waals surface area contributed by atoms with Crippen molar-refractivity contribution in [1.82, 2.24) is 0 Å². The number of esters is 3. The van der Waals surface area contributed by atoms with Crippen LogP contribution >= 0.6 is 0 Å². The molecule has 4 aromatic carbocycles. The molecule has 2 aliphatic heterocycles. The van der Waals surface area contributed by atoms with Crippen LogP contribution in [0.3, 0.4) is 0 Å². The van der Waals surface area contributed by atoms with Crippen LogP contribution in [0.1, 0.15) is 41.4 Å². The minimum absolute atomic E-state index is 0.411. The molecule has 4 aromatic rings. The number of phenolic OH excluding ortho intramolecular Hbond substituents is 11. The Balaban J connectivity index is 1.55. The van der Waals surface area contributed by atoms with Gasteiger partial charge < -0.3 is 95.2 Å². The highest BCUT2D eigenvalue weighted by Crippen LogP contribution is 2.55. The molecule has 0 aliphatic carbocycles. The fraction of sp³-hybridized carbons (Fsp3) is 0.176. The molecular weight excluding hydrogens is 776 g/mol. The molecule has 57 heavy (non-hydrogen) atoms. The van der Waals surface area contributed by atoms with E-state index in [-0.39, 0.29) is 0 Å². The van der Waals surface area contributed by atoms with Crippen molar-refractivity contribution >= 4 is 23.9 Å². The molecule has 1 fully saturated rings. The molecule has 2 heterocycles. The monoisotopic (exact) mass is 802 g/mol. The Morgan fingerprint density at radius 3 is 1.89 bits per heavy atom. The minimum Gasteiger partial charge on any atom is -0.504 e.